The van der Waals surface area contributed by atoms with Crippen molar-refractivity contribution < 1.29 is 0 Å². The molecule has 1 N–H and O–H groups in total. The normalized spacial score (nSPS) is 13.1. The Morgan fingerprint density at radius 2 is 2.27 bits per heavy atom. The Bertz CT molecular complexity index is 304. The van der Waals surface area contributed by atoms with Gasteiger partial charge in [0.2, 0.25) is 0 Å². The zero-order valence-corrected chi connectivity index (χ0v) is 10.6. The second kappa shape index (κ2) is 6.03. The number of rotatable bonds is 6. The second-order valence-corrected chi connectivity index (χ2v) is 5.03. The van der Waals surface area contributed by atoms with Crippen molar-refractivity contribution in [2.75, 3.05) is 0 Å². The van der Waals surface area contributed by atoms with Crippen molar-refractivity contribution in [3.05, 3.63) is 28.7 Å². The highest BCUT2D eigenvalue weighted by atomic mass is 32.1. The molecule has 0 fully saturated rings. The quantitative estimate of drug-likeness (QED) is 0.750. The van der Waals surface area contributed by atoms with Gasteiger partial charge in [0.05, 0.1) is 10.7 Å². The molecule has 1 aromatic rings. The van der Waals surface area contributed by atoms with E-state index in [2.05, 4.69) is 43.0 Å². The molecule has 0 spiro atoms. The van der Waals surface area contributed by atoms with Gasteiger partial charge in [0, 0.05) is 23.9 Å². The summed E-state index contributed by atoms with van der Waals surface area (Å²) in [6.45, 7) is 11.1. The van der Waals surface area contributed by atoms with Gasteiger partial charge < -0.3 is 5.32 Å². The Morgan fingerprint density at radius 3 is 2.80 bits per heavy atom. The number of nitrogens with one attached hydrogen (secondary N) is 1. The lowest BCUT2D eigenvalue weighted by Crippen LogP contribution is -2.24. The van der Waals surface area contributed by atoms with E-state index >= 15 is 0 Å². The summed E-state index contributed by atoms with van der Waals surface area (Å²) in [7, 11) is 0. The first kappa shape index (κ1) is 12.4. The third kappa shape index (κ3) is 4.14. The topological polar surface area (TPSA) is 24.9 Å². The summed E-state index contributed by atoms with van der Waals surface area (Å²) in [4.78, 5) is 4.57. The summed E-state index contributed by atoms with van der Waals surface area (Å²) < 4.78 is 0. The van der Waals surface area contributed by atoms with Gasteiger partial charge in [-0.3, -0.25) is 0 Å². The van der Waals surface area contributed by atoms with Gasteiger partial charge in [-0.1, -0.05) is 19.9 Å². The molecule has 0 aromatic carbocycles. The largest absolute Gasteiger partial charge is 0.308 e. The SMILES string of the molecule is C=CCC(C)NCc1csc(C(C)C)n1. The van der Waals surface area contributed by atoms with Crippen LogP contribution >= 0.6 is 11.3 Å². The lowest BCUT2D eigenvalue weighted by molar-refractivity contribution is 0.548. The van der Waals surface area contributed by atoms with Crippen molar-refractivity contribution in [3.63, 3.8) is 0 Å². The summed E-state index contributed by atoms with van der Waals surface area (Å²) in [6.07, 6.45) is 2.94. The van der Waals surface area contributed by atoms with Gasteiger partial charge in [0.25, 0.3) is 0 Å². The smallest absolute Gasteiger partial charge is 0.0954 e. The van der Waals surface area contributed by atoms with Gasteiger partial charge in [-0.05, 0) is 13.3 Å². The van der Waals surface area contributed by atoms with Gasteiger partial charge in [-0.2, -0.15) is 0 Å². The molecule has 0 aliphatic carbocycles. The Morgan fingerprint density at radius 1 is 1.53 bits per heavy atom. The van der Waals surface area contributed by atoms with Gasteiger partial charge in [0.15, 0.2) is 0 Å². The van der Waals surface area contributed by atoms with Crippen LogP contribution in [0.5, 0.6) is 0 Å². The standard InChI is InChI=1S/C12H20N2S/c1-5-6-10(4)13-7-11-8-15-12(14-11)9(2)3/h5,8-10,13H,1,6-7H2,2-4H3. The van der Waals surface area contributed by atoms with E-state index in [0.29, 0.717) is 12.0 Å². The highest BCUT2D eigenvalue weighted by Gasteiger charge is 2.06. The summed E-state index contributed by atoms with van der Waals surface area (Å²) in [6, 6.07) is 0.478. The van der Waals surface area contributed by atoms with E-state index in [0.717, 1.165) is 18.7 Å². The number of nitrogens with zero attached hydrogens (tertiary/aromatic N) is 1. The summed E-state index contributed by atoms with van der Waals surface area (Å²) in [5, 5.41) is 6.79. The van der Waals surface area contributed by atoms with E-state index in [1.165, 1.54) is 5.01 Å². The van der Waals surface area contributed by atoms with Crippen molar-refractivity contribution in [1.82, 2.24) is 10.3 Å². The molecule has 15 heavy (non-hydrogen) atoms. The minimum absolute atomic E-state index is 0.478. The van der Waals surface area contributed by atoms with Crippen LogP contribution in [-0.2, 0) is 6.54 Å². The van der Waals surface area contributed by atoms with Crippen LogP contribution in [0, 0.1) is 0 Å². The Labute approximate surface area is 96.4 Å². The number of hydrogen-bond donors (Lipinski definition) is 1. The molecule has 1 aromatic heterocycles. The molecule has 84 valence electrons. The molecule has 0 saturated heterocycles. The maximum absolute atomic E-state index is 4.57. The van der Waals surface area contributed by atoms with Gasteiger partial charge in [-0.15, -0.1) is 17.9 Å². The van der Waals surface area contributed by atoms with Gasteiger partial charge >= 0.3 is 0 Å². The third-order valence-electron chi connectivity index (χ3n) is 2.22. The minimum atomic E-state index is 0.478. The molecular weight excluding hydrogens is 204 g/mol. The van der Waals surface area contributed by atoms with Crippen molar-refractivity contribution in [3.8, 4) is 0 Å². The van der Waals surface area contributed by atoms with E-state index < -0.39 is 0 Å². The van der Waals surface area contributed by atoms with E-state index in [4.69, 9.17) is 0 Å². The van der Waals surface area contributed by atoms with Crippen LogP contribution in [0.2, 0.25) is 0 Å². The summed E-state index contributed by atoms with van der Waals surface area (Å²) in [5.41, 5.74) is 1.15. The van der Waals surface area contributed by atoms with Crippen molar-refractivity contribution >= 4 is 11.3 Å². The number of hydrogen-bond acceptors (Lipinski definition) is 3. The predicted octanol–water partition coefficient (Wildman–Crippen LogP) is 3.32. The molecule has 0 bridgehead atoms. The average molecular weight is 224 g/mol. The molecule has 1 heterocycles. The molecule has 2 nitrogen and oxygen atoms in total. The Kier molecular flexibility index (Phi) is 4.99. The Hall–Kier alpha value is -0.670. The zero-order valence-electron chi connectivity index (χ0n) is 9.79. The molecule has 0 saturated carbocycles. The van der Waals surface area contributed by atoms with Gasteiger partial charge in [-0.25, -0.2) is 4.98 Å². The second-order valence-electron chi connectivity index (χ2n) is 4.14. The molecule has 3 heteroatoms. The first-order valence-corrected chi connectivity index (χ1v) is 6.30. The lowest BCUT2D eigenvalue weighted by atomic mass is 10.2. The van der Waals surface area contributed by atoms with Crippen LogP contribution < -0.4 is 5.32 Å². The molecule has 1 atom stereocenters. The Balaban J connectivity index is 2.40. The fourth-order valence-electron chi connectivity index (χ4n) is 1.28. The fraction of sp³-hybridized carbons (Fsp3) is 0.583. The van der Waals surface area contributed by atoms with Crippen LogP contribution in [-0.4, -0.2) is 11.0 Å². The minimum Gasteiger partial charge on any atom is -0.308 e. The van der Waals surface area contributed by atoms with Crippen LogP contribution in [0.1, 0.15) is 43.8 Å². The maximum atomic E-state index is 4.57. The monoisotopic (exact) mass is 224 g/mol. The molecule has 0 radical (unpaired) electrons. The van der Waals surface area contributed by atoms with Crippen molar-refractivity contribution in [1.29, 1.82) is 0 Å². The van der Waals surface area contributed by atoms with E-state index in [-0.39, 0.29) is 0 Å². The van der Waals surface area contributed by atoms with Crippen LogP contribution in [0.25, 0.3) is 0 Å². The maximum Gasteiger partial charge on any atom is 0.0954 e. The molecule has 0 aliphatic heterocycles. The van der Waals surface area contributed by atoms with Crippen molar-refractivity contribution in [2.45, 2.75) is 45.7 Å². The zero-order chi connectivity index (χ0) is 11.3. The van der Waals surface area contributed by atoms with Crippen LogP contribution in [0.3, 0.4) is 0 Å². The first-order chi connectivity index (χ1) is 7.13. The molecule has 0 aliphatic rings. The number of thiazole rings is 1. The fourth-order valence-corrected chi connectivity index (χ4v) is 2.12. The summed E-state index contributed by atoms with van der Waals surface area (Å²) >= 11 is 1.75. The van der Waals surface area contributed by atoms with Crippen molar-refractivity contribution in [2.24, 2.45) is 0 Å². The first-order valence-electron chi connectivity index (χ1n) is 5.42. The average Bonchev–Trinajstić information content (AvgIpc) is 2.63. The molecular formula is C12H20N2S. The van der Waals surface area contributed by atoms with E-state index in [9.17, 15) is 0 Å². The summed E-state index contributed by atoms with van der Waals surface area (Å²) in [5.74, 6) is 0.536. The lowest BCUT2D eigenvalue weighted by Gasteiger charge is -2.09. The van der Waals surface area contributed by atoms with E-state index in [1.807, 2.05) is 6.08 Å². The third-order valence-corrected chi connectivity index (χ3v) is 3.41. The molecule has 1 rings (SSSR count). The number of aromatic nitrogens is 1. The predicted molar refractivity (Wildman–Crippen MR) is 67.3 cm³/mol. The highest BCUT2D eigenvalue weighted by molar-refractivity contribution is 7.09. The van der Waals surface area contributed by atoms with Gasteiger partial charge in [0.1, 0.15) is 0 Å². The molecule has 0 amide bonds. The highest BCUT2D eigenvalue weighted by Crippen LogP contribution is 2.18. The van der Waals surface area contributed by atoms with Crippen LogP contribution in [0.15, 0.2) is 18.0 Å². The van der Waals surface area contributed by atoms with E-state index in [1.54, 1.807) is 11.3 Å². The van der Waals surface area contributed by atoms with Crippen LogP contribution in [0.4, 0.5) is 0 Å². The molecule has 1 unspecified atom stereocenters.